The molecule has 0 aliphatic heterocycles. The third-order valence-corrected chi connectivity index (χ3v) is 6.82. The zero-order valence-electron chi connectivity index (χ0n) is 17.6. The number of sulfonamides is 1. The number of hydrogen-bond acceptors (Lipinski definition) is 4. The Kier molecular flexibility index (Phi) is 8.03. The quantitative estimate of drug-likeness (QED) is 0.365. The predicted molar refractivity (Wildman–Crippen MR) is 128 cm³/mol. The molecule has 3 rings (SSSR count). The van der Waals surface area contributed by atoms with Gasteiger partial charge in [-0.2, -0.15) is 5.10 Å². The maximum absolute atomic E-state index is 13.3. The van der Waals surface area contributed by atoms with Gasteiger partial charge in [0.05, 0.1) is 15.6 Å². The van der Waals surface area contributed by atoms with Gasteiger partial charge >= 0.3 is 0 Å². The van der Waals surface area contributed by atoms with E-state index in [1.54, 1.807) is 42.5 Å². The van der Waals surface area contributed by atoms with Crippen LogP contribution in [0.1, 0.15) is 18.9 Å². The van der Waals surface area contributed by atoms with Gasteiger partial charge in [0.2, 0.25) is 0 Å². The number of hydrazone groups is 1. The summed E-state index contributed by atoms with van der Waals surface area (Å²) in [6, 6.07) is 24.4. The SMILES string of the molecule is C/C(CCc1ccccc1)=N/NC(=O)CN(c1ccccc1Cl)S(=O)(=O)c1ccccc1. The van der Waals surface area contributed by atoms with E-state index in [-0.39, 0.29) is 15.6 Å². The number of hydrogen-bond donors (Lipinski definition) is 1. The Morgan fingerprint density at radius 2 is 1.53 bits per heavy atom. The van der Waals surface area contributed by atoms with Crippen molar-refractivity contribution in [3.05, 3.63) is 95.5 Å². The molecule has 3 aromatic carbocycles. The zero-order valence-corrected chi connectivity index (χ0v) is 19.2. The number of para-hydroxylation sites is 1. The molecule has 6 nitrogen and oxygen atoms in total. The summed E-state index contributed by atoms with van der Waals surface area (Å²) in [7, 11) is -4.02. The Bertz CT molecular complexity index is 1180. The van der Waals surface area contributed by atoms with Crippen LogP contribution in [0.4, 0.5) is 5.69 Å². The highest BCUT2D eigenvalue weighted by Crippen LogP contribution is 2.30. The molecule has 32 heavy (non-hydrogen) atoms. The summed E-state index contributed by atoms with van der Waals surface area (Å²) >= 11 is 6.26. The number of anilines is 1. The van der Waals surface area contributed by atoms with E-state index < -0.39 is 22.5 Å². The first-order chi connectivity index (χ1) is 15.4. The van der Waals surface area contributed by atoms with E-state index in [2.05, 4.69) is 10.5 Å². The second-order valence-corrected chi connectivity index (χ2v) is 9.41. The minimum Gasteiger partial charge on any atom is -0.271 e. The van der Waals surface area contributed by atoms with E-state index in [1.165, 1.54) is 17.7 Å². The summed E-state index contributed by atoms with van der Waals surface area (Å²) in [5.74, 6) is -0.566. The van der Waals surface area contributed by atoms with Crippen LogP contribution in [0.2, 0.25) is 5.02 Å². The first kappa shape index (κ1) is 23.5. The Labute approximate surface area is 193 Å². The molecule has 0 saturated heterocycles. The van der Waals surface area contributed by atoms with Crippen LogP contribution in [0, 0.1) is 0 Å². The van der Waals surface area contributed by atoms with Gasteiger partial charge in [-0.05, 0) is 49.6 Å². The van der Waals surface area contributed by atoms with Crippen LogP contribution in [0.15, 0.2) is 94.9 Å². The monoisotopic (exact) mass is 469 g/mol. The van der Waals surface area contributed by atoms with E-state index in [1.807, 2.05) is 37.3 Å². The van der Waals surface area contributed by atoms with Crippen LogP contribution >= 0.6 is 11.6 Å². The summed E-state index contributed by atoms with van der Waals surface area (Å²) in [6.45, 7) is 1.35. The number of carbonyl (C=O) groups is 1. The number of halogens is 1. The van der Waals surface area contributed by atoms with Gasteiger partial charge in [0, 0.05) is 5.71 Å². The first-order valence-corrected chi connectivity index (χ1v) is 11.9. The van der Waals surface area contributed by atoms with Crippen molar-refractivity contribution >= 4 is 38.9 Å². The van der Waals surface area contributed by atoms with Crippen LogP contribution in [0.25, 0.3) is 0 Å². The van der Waals surface area contributed by atoms with Crippen molar-refractivity contribution < 1.29 is 13.2 Å². The average molecular weight is 470 g/mol. The lowest BCUT2D eigenvalue weighted by atomic mass is 10.1. The lowest BCUT2D eigenvalue weighted by Gasteiger charge is -2.24. The number of aryl methyl sites for hydroxylation is 1. The van der Waals surface area contributed by atoms with Crippen LogP contribution < -0.4 is 9.73 Å². The summed E-state index contributed by atoms with van der Waals surface area (Å²) in [5, 5.41) is 4.35. The molecule has 0 aliphatic carbocycles. The van der Waals surface area contributed by atoms with Gasteiger partial charge in [-0.1, -0.05) is 72.3 Å². The molecule has 3 aromatic rings. The lowest BCUT2D eigenvalue weighted by Crippen LogP contribution is -2.40. The van der Waals surface area contributed by atoms with Gasteiger partial charge in [0.1, 0.15) is 6.54 Å². The molecule has 0 aromatic heterocycles. The molecule has 0 aliphatic rings. The third-order valence-electron chi connectivity index (χ3n) is 4.73. The number of nitrogens with zero attached hydrogens (tertiary/aromatic N) is 2. The summed E-state index contributed by atoms with van der Waals surface area (Å²) in [6.07, 6.45) is 1.46. The Hall–Kier alpha value is -3.16. The summed E-state index contributed by atoms with van der Waals surface area (Å²) < 4.78 is 27.5. The number of rotatable bonds is 9. The molecule has 0 spiro atoms. The second-order valence-electron chi connectivity index (χ2n) is 7.14. The number of nitrogens with one attached hydrogen (secondary N) is 1. The number of benzene rings is 3. The van der Waals surface area contributed by atoms with Crippen molar-refractivity contribution in [2.24, 2.45) is 5.10 Å². The maximum Gasteiger partial charge on any atom is 0.264 e. The molecule has 1 N–H and O–H groups in total. The van der Waals surface area contributed by atoms with E-state index in [9.17, 15) is 13.2 Å². The molecule has 0 saturated carbocycles. The first-order valence-electron chi connectivity index (χ1n) is 10.1. The molecule has 0 bridgehead atoms. The fraction of sp³-hybridized carbons (Fsp3) is 0.167. The standard InChI is InChI=1S/C24H24ClN3O3S/c1-19(16-17-20-10-4-2-5-11-20)26-27-24(29)18-28(23-15-9-8-14-22(23)25)32(30,31)21-12-6-3-7-13-21/h2-15H,16-18H2,1H3,(H,27,29)/b26-19-. The summed E-state index contributed by atoms with van der Waals surface area (Å²) in [4.78, 5) is 12.7. The molecular formula is C24H24ClN3O3S. The van der Waals surface area contributed by atoms with E-state index in [0.717, 1.165) is 16.4 Å². The molecule has 0 radical (unpaired) electrons. The normalized spacial score (nSPS) is 11.8. The Morgan fingerprint density at radius 1 is 0.938 bits per heavy atom. The smallest absolute Gasteiger partial charge is 0.264 e. The second kappa shape index (κ2) is 10.9. The third kappa shape index (κ3) is 6.18. The van der Waals surface area contributed by atoms with Crippen molar-refractivity contribution in [1.29, 1.82) is 0 Å². The van der Waals surface area contributed by atoms with Crippen LogP contribution in [0.3, 0.4) is 0 Å². The van der Waals surface area contributed by atoms with E-state index in [4.69, 9.17) is 11.6 Å². The van der Waals surface area contributed by atoms with Crippen molar-refractivity contribution in [1.82, 2.24) is 5.43 Å². The van der Waals surface area contributed by atoms with Gasteiger partial charge in [-0.15, -0.1) is 0 Å². The minimum absolute atomic E-state index is 0.0651. The molecule has 0 heterocycles. The van der Waals surface area contributed by atoms with Crippen LogP contribution in [-0.2, 0) is 21.2 Å². The number of amides is 1. The fourth-order valence-electron chi connectivity index (χ4n) is 3.02. The van der Waals surface area contributed by atoms with E-state index in [0.29, 0.717) is 6.42 Å². The minimum atomic E-state index is -4.02. The highest BCUT2D eigenvalue weighted by Gasteiger charge is 2.28. The van der Waals surface area contributed by atoms with Crippen molar-refractivity contribution in [3.8, 4) is 0 Å². The molecule has 1 amide bonds. The van der Waals surface area contributed by atoms with Gasteiger partial charge < -0.3 is 0 Å². The van der Waals surface area contributed by atoms with E-state index >= 15 is 0 Å². The highest BCUT2D eigenvalue weighted by molar-refractivity contribution is 7.92. The predicted octanol–water partition coefficient (Wildman–Crippen LogP) is 4.66. The van der Waals surface area contributed by atoms with Crippen molar-refractivity contribution in [3.63, 3.8) is 0 Å². The molecule has 0 atom stereocenters. The van der Waals surface area contributed by atoms with Gasteiger partial charge in [-0.3, -0.25) is 9.10 Å². The molecule has 8 heteroatoms. The van der Waals surface area contributed by atoms with Crippen LogP contribution in [0.5, 0.6) is 0 Å². The molecule has 0 unspecified atom stereocenters. The average Bonchev–Trinajstić information content (AvgIpc) is 2.81. The van der Waals surface area contributed by atoms with Gasteiger partial charge in [0.25, 0.3) is 15.9 Å². The Balaban J connectivity index is 1.75. The largest absolute Gasteiger partial charge is 0.271 e. The summed E-state index contributed by atoms with van der Waals surface area (Å²) in [5.41, 5.74) is 4.59. The highest BCUT2D eigenvalue weighted by atomic mass is 35.5. The topological polar surface area (TPSA) is 78.8 Å². The van der Waals surface area contributed by atoms with Gasteiger partial charge in [0.15, 0.2) is 0 Å². The molecular weight excluding hydrogens is 446 g/mol. The zero-order chi connectivity index (χ0) is 23.0. The molecule has 166 valence electrons. The lowest BCUT2D eigenvalue weighted by molar-refractivity contribution is -0.119. The molecule has 0 fully saturated rings. The fourth-order valence-corrected chi connectivity index (χ4v) is 4.77. The van der Waals surface area contributed by atoms with Crippen molar-refractivity contribution in [2.45, 2.75) is 24.7 Å². The van der Waals surface area contributed by atoms with Crippen LogP contribution in [-0.4, -0.2) is 26.6 Å². The van der Waals surface area contributed by atoms with Gasteiger partial charge in [-0.25, -0.2) is 13.8 Å². The number of carbonyl (C=O) groups excluding carboxylic acids is 1. The Morgan fingerprint density at radius 3 is 2.19 bits per heavy atom. The van der Waals surface area contributed by atoms with Crippen molar-refractivity contribution in [2.75, 3.05) is 10.8 Å². The maximum atomic E-state index is 13.3.